The fraction of sp³-hybridized carbons (Fsp3) is 0.667. The summed E-state index contributed by atoms with van der Waals surface area (Å²) in [5.74, 6) is -2.59. The van der Waals surface area contributed by atoms with E-state index in [1.165, 1.54) is 4.90 Å². The van der Waals surface area contributed by atoms with E-state index < -0.39 is 41.1 Å². The Morgan fingerprint density at radius 1 is 1.23 bits per heavy atom. The van der Waals surface area contributed by atoms with E-state index >= 15 is 0 Å². The number of ether oxygens (including phenoxy) is 2. The number of unbranched alkanes of at least 4 members (excludes halogenated alkanes) is 1. The van der Waals surface area contributed by atoms with Gasteiger partial charge in [0, 0.05) is 6.54 Å². The summed E-state index contributed by atoms with van der Waals surface area (Å²) in [4.78, 5) is 42.5. The summed E-state index contributed by atoms with van der Waals surface area (Å²) in [6.07, 6.45) is 3.80. The molecule has 8 heteroatoms. The van der Waals surface area contributed by atoms with Crippen molar-refractivity contribution in [3.8, 4) is 0 Å². The zero-order chi connectivity index (χ0) is 25.2. The molecule has 35 heavy (non-hydrogen) atoms. The molecule has 3 aliphatic heterocycles. The maximum absolute atomic E-state index is 14.1. The lowest BCUT2D eigenvalue weighted by Crippen LogP contribution is -2.58. The van der Waals surface area contributed by atoms with Crippen LogP contribution in [0.25, 0.3) is 0 Å². The molecule has 6 atom stereocenters. The largest absolute Gasteiger partial charge is 0.466 e. The van der Waals surface area contributed by atoms with Crippen LogP contribution in [0.2, 0.25) is 0 Å². The van der Waals surface area contributed by atoms with Gasteiger partial charge in [0.05, 0.1) is 30.8 Å². The van der Waals surface area contributed by atoms with E-state index in [4.69, 9.17) is 9.47 Å². The van der Waals surface area contributed by atoms with Crippen molar-refractivity contribution >= 4 is 17.8 Å². The Bertz CT molecular complexity index is 939. The molecule has 0 aliphatic carbocycles. The predicted molar refractivity (Wildman–Crippen MR) is 129 cm³/mol. The number of hydrogen-bond donors (Lipinski definition) is 2. The Morgan fingerprint density at radius 2 is 1.97 bits per heavy atom. The minimum atomic E-state index is -1.11. The molecule has 3 fully saturated rings. The average molecular weight is 487 g/mol. The molecule has 0 aromatic heterocycles. The molecule has 3 saturated heterocycles. The molecular formula is C27H38N2O6. The summed E-state index contributed by atoms with van der Waals surface area (Å²) in [6.45, 7) is 6.15. The number of aliphatic hydroxyl groups excluding tert-OH is 1. The van der Waals surface area contributed by atoms with Gasteiger partial charge >= 0.3 is 5.97 Å². The van der Waals surface area contributed by atoms with E-state index in [9.17, 15) is 19.5 Å². The molecule has 1 aromatic rings. The highest BCUT2D eigenvalue weighted by Crippen LogP contribution is 2.64. The molecule has 3 aliphatic rings. The molecule has 4 rings (SSSR count). The number of nitrogens with zero attached hydrogens (tertiary/aromatic N) is 1. The lowest BCUT2D eigenvalue weighted by Gasteiger charge is -2.37. The van der Waals surface area contributed by atoms with Gasteiger partial charge in [-0.05, 0) is 44.6 Å². The number of amides is 2. The van der Waals surface area contributed by atoms with E-state index in [0.29, 0.717) is 32.2 Å². The fourth-order valence-electron chi connectivity index (χ4n) is 6.56. The van der Waals surface area contributed by atoms with Gasteiger partial charge in [0.2, 0.25) is 11.8 Å². The Balaban J connectivity index is 1.76. The number of esters is 1. The molecule has 1 aromatic carbocycles. The predicted octanol–water partition coefficient (Wildman–Crippen LogP) is 2.22. The van der Waals surface area contributed by atoms with Gasteiger partial charge in [-0.15, -0.1) is 0 Å². The third-order valence-electron chi connectivity index (χ3n) is 8.16. The number of hydrogen-bond acceptors (Lipinski definition) is 6. The number of likely N-dealkylation sites (tertiary alicyclic amines) is 1. The van der Waals surface area contributed by atoms with E-state index in [2.05, 4.69) is 5.32 Å². The van der Waals surface area contributed by atoms with Gasteiger partial charge in [-0.2, -0.15) is 0 Å². The Kier molecular flexibility index (Phi) is 7.52. The first-order chi connectivity index (χ1) is 16.9. The zero-order valence-electron chi connectivity index (χ0n) is 21.0. The summed E-state index contributed by atoms with van der Waals surface area (Å²) in [7, 11) is 0. The smallest absolute Gasteiger partial charge is 0.312 e. The van der Waals surface area contributed by atoms with Gasteiger partial charge in [0.25, 0.3) is 0 Å². The van der Waals surface area contributed by atoms with Crippen LogP contribution in [0.1, 0.15) is 58.4 Å². The van der Waals surface area contributed by atoms with Crippen LogP contribution in [0, 0.1) is 11.8 Å². The van der Waals surface area contributed by atoms with Gasteiger partial charge in [0.15, 0.2) is 0 Å². The monoisotopic (exact) mass is 486 g/mol. The normalized spacial score (nSPS) is 31.9. The zero-order valence-corrected chi connectivity index (χ0v) is 21.0. The second kappa shape index (κ2) is 10.3. The van der Waals surface area contributed by atoms with Crippen molar-refractivity contribution in [2.24, 2.45) is 11.8 Å². The number of nitrogens with one attached hydrogen (secondary N) is 1. The van der Waals surface area contributed by atoms with Gasteiger partial charge in [0.1, 0.15) is 17.6 Å². The topological polar surface area (TPSA) is 105 Å². The van der Waals surface area contributed by atoms with Gasteiger partial charge in [-0.25, -0.2) is 0 Å². The summed E-state index contributed by atoms with van der Waals surface area (Å²) in [6, 6.07) is 8.07. The third kappa shape index (κ3) is 4.14. The molecule has 0 radical (unpaired) electrons. The molecule has 2 amide bonds. The fourth-order valence-corrected chi connectivity index (χ4v) is 6.56. The van der Waals surface area contributed by atoms with Crippen molar-refractivity contribution in [1.82, 2.24) is 10.2 Å². The van der Waals surface area contributed by atoms with Crippen molar-refractivity contribution in [2.75, 3.05) is 19.8 Å². The van der Waals surface area contributed by atoms with Crippen LogP contribution in [0.15, 0.2) is 30.3 Å². The summed E-state index contributed by atoms with van der Waals surface area (Å²) in [5, 5.41) is 13.4. The maximum atomic E-state index is 14.1. The van der Waals surface area contributed by atoms with Crippen LogP contribution in [-0.4, -0.2) is 70.8 Å². The van der Waals surface area contributed by atoms with Crippen LogP contribution in [-0.2, 0) is 30.3 Å². The van der Waals surface area contributed by atoms with Gasteiger partial charge < -0.3 is 24.8 Å². The quantitative estimate of drug-likeness (QED) is 0.367. The van der Waals surface area contributed by atoms with Crippen molar-refractivity contribution in [3.05, 3.63) is 35.9 Å². The van der Waals surface area contributed by atoms with Crippen LogP contribution in [0.4, 0.5) is 0 Å². The highest BCUT2D eigenvalue weighted by Gasteiger charge is 2.79. The van der Waals surface area contributed by atoms with Crippen molar-refractivity contribution in [1.29, 1.82) is 0 Å². The summed E-state index contributed by atoms with van der Waals surface area (Å²) < 4.78 is 12.1. The highest BCUT2D eigenvalue weighted by atomic mass is 16.6. The molecule has 2 N–H and O–H groups in total. The number of aliphatic hydroxyl groups is 1. The lowest BCUT2D eigenvalue weighted by atomic mass is 9.65. The van der Waals surface area contributed by atoms with E-state index in [1.54, 1.807) is 6.92 Å². The Hall–Kier alpha value is -2.45. The highest BCUT2D eigenvalue weighted by molar-refractivity contribution is 5.98. The Labute approximate surface area is 207 Å². The number of rotatable bonds is 11. The SMILES string of the molecule is CCCCNC(=O)C1N([C@@H](CO)Cc2ccccc2)C(=O)[C@@H]2[C@H](C(=O)OCC)[C@]3(CC)CCC12O3. The minimum absolute atomic E-state index is 0.209. The first-order valence-electron chi connectivity index (χ1n) is 13.0. The number of carbonyl (C=O) groups excluding carboxylic acids is 3. The first kappa shape index (κ1) is 25.6. The molecule has 2 bridgehead atoms. The van der Waals surface area contributed by atoms with Crippen LogP contribution < -0.4 is 5.32 Å². The molecule has 3 heterocycles. The molecule has 192 valence electrons. The van der Waals surface area contributed by atoms with Crippen molar-refractivity contribution in [2.45, 2.75) is 82.6 Å². The summed E-state index contributed by atoms with van der Waals surface area (Å²) >= 11 is 0. The third-order valence-corrected chi connectivity index (χ3v) is 8.16. The Morgan fingerprint density at radius 3 is 2.60 bits per heavy atom. The van der Waals surface area contributed by atoms with Gasteiger partial charge in [-0.3, -0.25) is 14.4 Å². The molecule has 1 spiro atoms. The average Bonchev–Trinajstić information content (AvgIpc) is 3.47. The van der Waals surface area contributed by atoms with E-state index in [1.807, 2.05) is 44.2 Å². The molecule has 2 unspecified atom stereocenters. The van der Waals surface area contributed by atoms with Crippen molar-refractivity contribution in [3.63, 3.8) is 0 Å². The second-order valence-corrected chi connectivity index (χ2v) is 10.0. The van der Waals surface area contributed by atoms with Crippen molar-refractivity contribution < 1.29 is 29.0 Å². The van der Waals surface area contributed by atoms with Gasteiger partial charge in [-0.1, -0.05) is 50.6 Å². The van der Waals surface area contributed by atoms with Crippen LogP contribution in [0.3, 0.4) is 0 Å². The molecular weight excluding hydrogens is 448 g/mol. The maximum Gasteiger partial charge on any atom is 0.312 e. The number of carbonyl (C=O) groups is 3. The first-order valence-corrected chi connectivity index (χ1v) is 13.0. The van der Waals surface area contributed by atoms with E-state index in [0.717, 1.165) is 18.4 Å². The van der Waals surface area contributed by atoms with E-state index in [-0.39, 0.29) is 25.0 Å². The van der Waals surface area contributed by atoms with Crippen LogP contribution >= 0.6 is 0 Å². The number of benzene rings is 1. The molecule has 0 saturated carbocycles. The molecule has 8 nitrogen and oxygen atoms in total. The lowest BCUT2D eigenvalue weighted by molar-refractivity contribution is -0.161. The summed E-state index contributed by atoms with van der Waals surface area (Å²) in [5.41, 5.74) is -0.962. The second-order valence-electron chi connectivity index (χ2n) is 10.0. The number of fused-ring (bicyclic) bond motifs is 1. The standard InChI is InChI=1S/C27H38N2O6/c1-4-7-15-28-23(31)22-27-14-13-26(5-2,35-27)21(25(33)34-6-3)20(27)24(32)29(22)19(17-30)16-18-11-9-8-10-12-18/h8-12,19-22,30H,4-7,13-17H2,1-3H3,(H,28,31)/t19-,20+,21-,22?,26+,27?/m1/s1. The van der Waals surface area contributed by atoms with Crippen LogP contribution in [0.5, 0.6) is 0 Å². The minimum Gasteiger partial charge on any atom is -0.466 e.